The van der Waals surface area contributed by atoms with Gasteiger partial charge >= 0.3 is 6.69 Å². The van der Waals surface area contributed by atoms with Crippen molar-refractivity contribution in [2.75, 3.05) is 14.1 Å². The van der Waals surface area contributed by atoms with Crippen molar-refractivity contribution in [3.05, 3.63) is 46.3 Å². The molecule has 2 aliphatic carbocycles. The minimum Gasteiger partial charge on any atom is -0.303 e. The molecule has 1 nitrogen and oxygen atoms in total. The van der Waals surface area contributed by atoms with E-state index < -0.39 is 6.69 Å². The van der Waals surface area contributed by atoms with Crippen LogP contribution in [0.4, 0.5) is 0 Å². The number of nitrogens with zero attached hydrogens (tertiary/aromatic N) is 1. The zero-order valence-corrected chi connectivity index (χ0v) is 13.6. The summed E-state index contributed by atoms with van der Waals surface area (Å²) in [7, 11) is 4.17. The van der Waals surface area contributed by atoms with Gasteiger partial charge in [0.25, 0.3) is 0 Å². The quantitative estimate of drug-likeness (QED) is 0.558. The third kappa shape index (κ3) is 2.53. The Balaban J connectivity index is 2.36. The highest BCUT2D eigenvalue weighted by Gasteiger charge is 2.40. The number of likely N-dealkylation sites (N-methyl/N-ethyl adjacent to an activating group) is 1. The van der Waals surface area contributed by atoms with E-state index >= 15 is 0 Å². The van der Waals surface area contributed by atoms with Gasteiger partial charge < -0.3 is 4.90 Å². The summed E-state index contributed by atoms with van der Waals surface area (Å²) in [6.07, 6.45) is 12.6. The Hall–Kier alpha value is -0.283. The first-order valence-electron chi connectivity index (χ1n) is 6.26. The van der Waals surface area contributed by atoms with E-state index in [0.717, 1.165) is 18.0 Å². The van der Waals surface area contributed by atoms with E-state index in [9.17, 15) is 0 Å². The van der Waals surface area contributed by atoms with Crippen molar-refractivity contribution in [1.29, 1.82) is 0 Å². The molecule has 0 heterocycles. The van der Waals surface area contributed by atoms with E-state index in [0.29, 0.717) is 6.04 Å². The number of hydrogen-bond acceptors (Lipinski definition) is 1. The Kier molecular flexibility index (Phi) is 4.22. The van der Waals surface area contributed by atoms with Crippen LogP contribution >= 0.6 is 22.2 Å². The van der Waals surface area contributed by atoms with Crippen LogP contribution in [0.15, 0.2) is 46.3 Å². The van der Waals surface area contributed by atoms with Gasteiger partial charge in [0.05, 0.1) is 0 Å². The Morgan fingerprint density at radius 2 is 1.94 bits per heavy atom. The molecule has 0 spiro atoms. The van der Waals surface area contributed by atoms with Crippen molar-refractivity contribution in [1.82, 2.24) is 4.90 Å². The Bertz CT molecular complexity index is 458. The topological polar surface area (TPSA) is 3.24 Å². The van der Waals surface area contributed by atoms with E-state index in [1.165, 1.54) is 10.8 Å². The molecule has 0 N–H and O–H groups in total. The second kappa shape index (κ2) is 5.38. The molecule has 2 rings (SSSR count). The largest absolute Gasteiger partial charge is 0.306 e. The molecule has 0 saturated carbocycles. The second-order valence-electron chi connectivity index (χ2n) is 5.05. The van der Waals surface area contributed by atoms with Crippen LogP contribution in [0.3, 0.4) is 0 Å². The molecule has 0 aromatic rings. The van der Waals surface area contributed by atoms with Crippen molar-refractivity contribution in [2.45, 2.75) is 25.8 Å². The van der Waals surface area contributed by atoms with E-state index in [2.05, 4.69) is 56.3 Å². The molecule has 0 bridgehead atoms. The highest BCUT2D eigenvalue weighted by molar-refractivity contribution is 7.51. The van der Waals surface area contributed by atoms with Crippen molar-refractivity contribution < 1.29 is 0 Å². The molecular weight excluding hydrogens is 281 g/mol. The Morgan fingerprint density at radius 1 is 1.22 bits per heavy atom. The van der Waals surface area contributed by atoms with Crippen LogP contribution in [0.1, 0.15) is 19.8 Å². The summed E-state index contributed by atoms with van der Waals surface area (Å²) in [5, 5.41) is 2.40. The molecule has 0 fully saturated rings. The average molecular weight is 300 g/mol. The first-order chi connectivity index (χ1) is 8.44. The maximum atomic E-state index is 6.76. The molecule has 2 aliphatic rings. The SMILES string of the molecule is C[C@H](C1=C([Si](Cl)(Cl)C2=CCC=C2)CC=C1)N(C)C. The van der Waals surface area contributed by atoms with E-state index in [1.54, 1.807) is 0 Å². The Morgan fingerprint density at radius 3 is 2.50 bits per heavy atom. The van der Waals surface area contributed by atoms with Crippen LogP contribution in [0, 0.1) is 0 Å². The van der Waals surface area contributed by atoms with Gasteiger partial charge in [-0.2, -0.15) is 0 Å². The maximum Gasteiger partial charge on any atom is 0.306 e. The normalized spacial score (nSPS) is 21.1. The van der Waals surface area contributed by atoms with Crippen molar-refractivity contribution in [3.8, 4) is 0 Å². The van der Waals surface area contributed by atoms with Gasteiger partial charge in [-0.05, 0) is 49.8 Å². The first-order valence-corrected chi connectivity index (χ1v) is 10.3. The van der Waals surface area contributed by atoms with Crippen LogP contribution < -0.4 is 0 Å². The van der Waals surface area contributed by atoms with Gasteiger partial charge in [0.2, 0.25) is 0 Å². The van der Waals surface area contributed by atoms with E-state index in [4.69, 9.17) is 22.2 Å². The van der Waals surface area contributed by atoms with Crippen molar-refractivity contribution in [2.24, 2.45) is 0 Å². The minimum atomic E-state index is -2.50. The molecular formula is C14H19Cl2NSi. The van der Waals surface area contributed by atoms with Gasteiger partial charge in [-0.25, -0.2) is 0 Å². The lowest BCUT2D eigenvalue weighted by atomic mass is 10.1. The number of halogens is 2. The fourth-order valence-electron chi connectivity index (χ4n) is 2.37. The molecule has 4 heteroatoms. The molecule has 1 atom stereocenters. The third-order valence-corrected chi connectivity index (χ3v) is 8.73. The average Bonchev–Trinajstić information content (AvgIpc) is 2.99. The lowest BCUT2D eigenvalue weighted by Crippen LogP contribution is -2.32. The standard InChI is InChI=1S/C14H19Cl2NSi/c1-11(17(2)3)13-9-6-10-14(13)18(15,16)12-7-4-5-8-12/h4,6-9,11H,5,10H2,1-3H3/t11-/m1/s1. The highest BCUT2D eigenvalue weighted by atomic mass is 35.7. The summed E-state index contributed by atoms with van der Waals surface area (Å²) >= 11 is 13.5. The summed E-state index contributed by atoms with van der Waals surface area (Å²) in [6, 6.07) is 0.356. The van der Waals surface area contributed by atoms with Gasteiger partial charge in [-0.1, -0.05) is 30.4 Å². The van der Waals surface area contributed by atoms with Crippen LogP contribution in [-0.4, -0.2) is 31.7 Å². The first kappa shape index (κ1) is 14.1. The molecule has 0 aromatic carbocycles. The van der Waals surface area contributed by atoms with Crippen LogP contribution in [0.5, 0.6) is 0 Å². The zero-order valence-electron chi connectivity index (χ0n) is 11.1. The number of rotatable bonds is 4. The summed E-state index contributed by atoms with van der Waals surface area (Å²) in [4.78, 5) is 2.20. The van der Waals surface area contributed by atoms with Gasteiger partial charge in [0.1, 0.15) is 0 Å². The van der Waals surface area contributed by atoms with Gasteiger partial charge in [0.15, 0.2) is 0 Å². The van der Waals surface area contributed by atoms with Crippen molar-refractivity contribution >= 4 is 28.9 Å². The zero-order chi connectivity index (χ0) is 13.3. The van der Waals surface area contributed by atoms with Crippen molar-refractivity contribution in [3.63, 3.8) is 0 Å². The molecule has 0 aliphatic heterocycles. The van der Waals surface area contributed by atoms with Crippen LogP contribution in [0.2, 0.25) is 0 Å². The molecule has 0 amide bonds. The fraction of sp³-hybridized carbons (Fsp3) is 0.429. The maximum absolute atomic E-state index is 6.76. The minimum absolute atomic E-state index is 0.356. The van der Waals surface area contributed by atoms with Crippen LogP contribution in [0.25, 0.3) is 0 Å². The summed E-state index contributed by atoms with van der Waals surface area (Å²) in [5.41, 5.74) is 1.30. The summed E-state index contributed by atoms with van der Waals surface area (Å²) in [6.45, 7) is -0.303. The second-order valence-corrected chi connectivity index (χ2v) is 11.4. The van der Waals surface area contributed by atoms with Gasteiger partial charge in [-0.3, -0.25) is 0 Å². The Labute approximate surface area is 120 Å². The molecule has 0 saturated heterocycles. The number of allylic oxidation sites excluding steroid dienone is 6. The molecule has 0 unspecified atom stereocenters. The highest BCUT2D eigenvalue weighted by Crippen LogP contribution is 2.41. The lowest BCUT2D eigenvalue weighted by Gasteiger charge is -2.26. The lowest BCUT2D eigenvalue weighted by molar-refractivity contribution is 0.354. The molecule has 18 heavy (non-hydrogen) atoms. The van der Waals surface area contributed by atoms with E-state index in [-0.39, 0.29) is 0 Å². The number of hydrogen-bond donors (Lipinski definition) is 0. The molecule has 98 valence electrons. The van der Waals surface area contributed by atoms with Gasteiger partial charge in [0, 0.05) is 6.04 Å². The van der Waals surface area contributed by atoms with E-state index in [1.807, 2.05) is 0 Å². The predicted octanol–water partition coefficient (Wildman–Crippen LogP) is 4.08. The summed E-state index contributed by atoms with van der Waals surface area (Å²) < 4.78 is 0. The monoisotopic (exact) mass is 299 g/mol. The van der Waals surface area contributed by atoms with Crippen LogP contribution in [-0.2, 0) is 0 Å². The third-order valence-electron chi connectivity index (χ3n) is 3.71. The smallest absolute Gasteiger partial charge is 0.303 e. The summed E-state index contributed by atoms with van der Waals surface area (Å²) in [5.74, 6) is 0. The molecule has 0 aromatic heterocycles. The fourth-order valence-corrected chi connectivity index (χ4v) is 6.40. The van der Waals surface area contributed by atoms with Gasteiger partial charge in [-0.15, -0.1) is 22.2 Å². The molecule has 0 radical (unpaired) electrons. The predicted molar refractivity (Wildman–Crippen MR) is 83.2 cm³/mol.